The minimum atomic E-state index is -4.16. The number of sulfonamides is 1. The number of hydrogen-bond donors (Lipinski definition) is 1. The van der Waals surface area contributed by atoms with E-state index in [4.69, 9.17) is 4.74 Å². The first kappa shape index (κ1) is 29.3. The molecular formula is C33H32N2O5S. The van der Waals surface area contributed by atoms with Crippen molar-refractivity contribution < 1.29 is 22.7 Å². The van der Waals surface area contributed by atoms with Crippen LogP contribution in [-0.4, -0.2) is 26.8 Å². The molecule has 0 aliphatic heterocycles. The van der Waals surface area contributed by atoms with Gasteiger partial charge in [0.05, 0.1) is 5.41 Å². The first-order valence-corrected chi connectivity index (χ1v) is 14.8. The number of hydrogen-bond acceptors (Lipinski definition) is 5. The Morgan fingerprint density at radius 3 is 2.00 bits per heavy atom. The standard InChI is InChI=1S/C33H32N2O5S/c1-2-35(29-16-10-5-11-17-29)33(37)31(32(36)34-41(38,39)23-22-26-12-6-3-7-13-26)24-27-18-20-30(21-19-27)40-25-28-14-8-4-9-15-28/h3-23,31H,2,24-25H2,1H3,(H,34,36)/b23-22+. The lowest BCUT2D eigenvalue weighted by atomic mass is 9.96. The number of para-hydroxylation sites is 1. The van der Waals surface area contributed by atoms with Gasteiger partial charge in [-0.1, -0.05) is 91.0 Å². The molecule has 0 aromatic heterocycles. The normalized spacial score (nSPS) is 12.0. The maximum Gasteiger partial charge on any atom is 0.257 e. The molecule has 0 saturated heterocycles. The van der Waals surface area contributed by atoms with Gasteiger partial charge in [-0.15, -0.1) is 0 Å². The maximum absolute atomic E-state index is 13.7. The molecule has 0 spiro atoms. The molecule has 0 heterocycles. The Morgan fingerprint density at radius 2 is 1.39 bits per heavy atom. The molecule has 0 aliphatic rings. The van der Waals surface area contributed by atoms with Crippen LogP contribution in [0.25, 0.3) is 6.08 Å². The van der Waals surface area contributed by atoms with E-state index < -0.39 is 27.8 Å². The van der Waals surface area contributed by atoms with E-state index in [1.54, 1.807) is 79.7 Å². The lowest BCUT2D eigenvalue weighted by Gasteiger charge is -2.26. The number of nitrogens with zero attached hydrogens (tertiary/aromatic N) is 1. The van der Waals surface area contributed by atoms with Gasteiger partial charge in [0.2, 0.25) is 11.8 Å². The smallest absolute Gasteiger partial charge is 0.257 e. The zero-order valence-electron chi connectivity index (χ0n) is 22.7. The predicted molar refractivity (Wildman–Crippen MR) is 161 cm³/mol. The molecular weight excluding hydrogens is 536 g/mol. The van der Waals surface area contributed by atoms with Gasteiger partial charge in [-0.2, -0.15) is 0 Å². The Kier molecular flexibility index (Phi) is 10.1. The van der Waals surface area contributed by atoms with Gasteiger partial charge in [0.1, 0.15) is 18.3 Å². The van der Waals surface area contributed by atoms with Gasteiger partial charge in [0.15, 0.2) is 0 Å². The fourth-order valence-corrected chi connectivity index (χ4v) is 5.06. The van der Waals surface area contributed by atoms with Crippen LogP contribution in [0.15, 0.2) is 121 Å². The third-order valence-corrected chi connectivity index (χ3v) is 7.34. The second-order valence-corrected chi connectivity index (χ2v) is 10.9. The fraction of sp³-hybridized carbons (Fsp3) is 0.152. The van der Waals surface area contributed by atoms with Crippen molar-refractivity contribution in [1.82, 2.24) is 4.72 Å². The molecule has 210 valence electrons. The van der Waals surface area contributed by atoms with Crippen LogP contribution in [0.2, 0.25) is 0 Å². The van der Waals surface area contributed by atoms with Gasteiger partial charge >= 0.3 is 0 Å². The van der Waals surface area contributed by atoms with E-state index in [2.05, 4.69) is 4.72 Å². The molecule has 0 aliphatic carbocycles. The summed E-state index contributed by atoms with van der Waals surface area (Å²) in [6, 6.07) is 34.7. The number of carbonyl (C=O) groups is 2. The molecule has 0 saturated carbocycles. The summed E-state index contributed by atoms with van der Waals surface area (Å²) in [6.07, 6.45) is 1.40. The maximum atomic E-state index is 13.7. The van der Waals surface area contributed by atoms with Crippen molar-refractivity contribution in [2.75, 3.05) is 11.4 Å². The van der Waals surface area contributed by atoms with Crippen molar-refractivity contribution in [2.24, 2.45) is 5.92 Å². The van der Waals surface area contributed by atoms with Crippen LogP contribution in [0.5, 0.6) is 5.75 Å². The second-order valence-electron chi connectivity index (χ2n) is 9.32. The highest BCUT2D eigenvalue weighted by Gasteiger charge is 2.33. The number of ether oxygens (including phenoxy) is 1. The van der Waals surface area contributed by atoms with Gasteiger partial charge in [-0.3, -0.25) is 9.59 Å². The van der Waals surface area contributed by atoms with Crippen molar-refractivity contribution >= 4 is 33.6 Å². The SMILES string of the molecule is CCN(C(=O)C(Cc1ccc(OCc2ccccc2)cc1)C(=O)NS(=O)(=O)/C=C/c1ccccc1)c1ccccc1. The minimum absolute atomic E-state index is 0.00485. The summed E-state index contributed by atoms with van der Waals surface area (Å²) >= 11 is 0. The summed E-state index contributed by atoms with van der Waals surface area (Å²) in [7, 11) is -4.16. The Morgan fingerprint density at radius 1 is 0.805 bits per heavy atom. The number of carbonyl (C=O) groups excluding carboxylic acids is 2. The van der Waals surface area contributed by atoms with Gasteiger partial charge in [0, 0.05) is 12.2 Å². The third kappa shape index (κ3) is 8.65. The van der Waals surface area contributed by atoms with E-state index in [0.717, 1.165) is 11.0 Å². The molecule has 4 rings (SSSR count). The van der Waals surface area contributed by atoms with Crippen molar-refractivity contribution in [1.29, 1.82) is 0 Å². The van der Waals surface area contributed by atoms with Crippen molar-refractivity contribution in [3.63, 3.8) is 0 Å². The van der Waals surface area contributed by atoms with Crippen LogP contribution in [0, 0.1) is 5.92 Å². The number of amides is 2. The minimum Gasteiger partial charge on any atom is -0.489 e. The quantitative estimate of drug-likeness (QED) is 0.225. The molecule has 0 bridgehead atoms. The lowest BCUT2D eigenvalue weighted by molar-refractivity contribution is -0.132. The fourth-order valence-electron chi connectivity index (χ4n) is 4.23. The molecule has 1 unspecified atom stereocenters. The van der Waals surface area contributed by atoms with E-state index in [9.17, 15) is 18.0 Å². The first-order valence-electron chi connectivity index (χ1n) is 13.3. The summed E-state index contributed by atoms with van der Waals surface area (Å²) < 4.78 is 33.5. The molecule has 4 aromatic carbocycles. The molecule has 41 heavy (non-hydrogen) atoms. The Hall–Kier alpha value is -4.69. The summed E-state index contributed by atoms with van der Waals surface area (Å²) in [5.41, 5.74) is 3.00. The van der Waals surface area contributed by atoms with E-state index in [1.165, 1.54) is 11.0 Å². The Bertz CT molecular complexity index is 1560. The zero-order valence-corrected chi connectivity index (χ0v) is 23.5. The highest BCUT2D eigenvalue weighted by atomic mass is 32.2. The topological polar surface area (TPSA) is 92.8 Å². The van der Waals surface area contributed by atoms with E-state index in [0.29, 0.717) is 35.7 Å². The number of benzene rings is 4. The zero-order chi connectivity index (χ0) is 29.1. The molecule has 4 aromatic rings. The monoisotopic (exact) mass is 568 g/mol. The van der Waals surface area contributed by atoms with Crippen LogP contribution in [0.3, 0.4) is 0 Å². The largest absolute Gasteiger partial charge is 0.489 e. The summed E-state index contributed by atoms with van der Waals surface area (Å²) in [5, 5.41) is 0.926. The molecule has 8 heteroatoms. The Balaban J connectivity index is 1.53. The lowest BCUT2D eigenvalue weighted by Crippen LogP contribution is -2.46. The Labute approximate surface area is 241 Å². The summed E-state index contributed by atoms with van der Waals surface area (Å²) in [4.78, 5) is 28.6. The van der Waals surface area contributed by atoms with Gasteiger partial charge in [-0.05, 0) is 60.4 Å². The predicted octanol–water partition coefficient (Wildman–Crippen LogP) is 5.59. The summed E-state index contributed by atoms with van der Waals surface area (Å²) in [5.74, 6) is -2.04. The van der Waals surface area contributed by atoms with Crippen LogP contribution < -0.4 is 14.4 Å². The van der Waals surface area contributed by atoms with Crippen LogP contribution in [0.1, 0.15) is 23.6 Å². The van der Waals surface area contributed by atoms with Gasteiger partial charge in [-0.25, -0.2) is 13.1 Å². The van der Waals surface area contributed by atoms with Crippen molar-refractivity contribution in [2.45, 2.75) is 20.0 Å². The molecule has 2 amide bonds. The molecule has 0 fully saturated rings. The number of nitrogens with one attached hydrogen (secondary N) is 1. The second kappa shape index (κ2) is 14.1. The van der Waals surface area contributed by atoms with Crippen LogP contribution in [-0.2, 0) is 32.6 Å². The van der Waals surface area contributed by atoms with Gasteiger partial charge in [0.25, 0.3) is 10.0 Å². The van der Waals surface area contributed by atoms with E-state index in [-0.39, 0.29) is 6.42 Å². The van der Waals surface area contributed by atoms with Crippen LogP contribution >= 0.6 is 0 Å². The number of anilines is 1. The highest BCUT2D eigenvalue weighted by molar-refractivity contribution is 7.93. The van der Waals surface area contributed by atoms with E-state index >= 15 is 0 Å². The van der Waals surface area contributed by atoms with Gasteiger partial charge < -0.3 is 9.64 Å². The average Bonchev–Trinajstić information content (AvgIpc) is 3.00. The molecule has 7 nitrogen and oxygen atoms in total. The highest BCUT2D eigenvalue weighted by Crippen LogP contribution is 2.22. The van der Waals surface area contributed by atoms with Crippen LogP contribution in [0.4, 0.5) is 5.69 Å². The third-order valence-electron chi connectivity index (χ3n) is 6.36. The average molecular weight is 569 g/mol. The summed E-state index contributed by atoms with van der Waals surface area (Å²) in [6.45, 7) is 2.51. The molecule has 1 N–H and O–H groups in total. The van der Waals surface area contributed by atoms with Crippen molar-refractivity contribution in [3.8, 4) is 5.75 Å². The van der Waals surface area contributed by atoms with Crippen molar-refractivity contribution in [3.05, 3.63) is 137 Å². The number of rotatable bonds is 12. The van der Waals surface area contributed by atoms with E-state index in [1.807, 2.05) is 42.5 Å². The molecule has 1 atom stereocenters. The molecule has 0 radical (unpaired) electrons. The first-order chi connectivity index (χ1) is 19.8.